The highest BCUT2D eigenvalue weighted by atomic mass is 35.5. The van der Waals surface area contributed by atoms with E-state index >= 15 is 0 Å². The number of fused-ring (bicyclic) bond motifs is 6. The highest BCUT2D eigenvalue weighted by Gasteiger charge is 2.47. The van der Waals surface area contributed by atoms with Crippen molar-refractivity contribution < 1.29 is 0 Å². The maximum Gasteiger partial charge on any atom is 0.252 e. The lowest BCUT2D eigenvalue weighted by Gasteiger charge is -2.48. The summed E-state index contributed by atoms with van der Waals surface area (Å²) in [4.78, 5) is 5.14. The van der Waals surface area contributed by atoms with Crippen LogP contribution >= 0.6 is 11.6 Å². The van der Waals surface area contributed by atoms with E-state index in [1.54, 1.807) is 0 Å². The molecule has 0 saturated carbocycles. The van der Waals surface area contributed by atoms with E-state index in [1.807, 2.05) is 0 Å². The number of nitrogens with zero attached hydrogens (tertiary/aromatic N) is 2. The highest BCUT2D eigenvalue weighted by Crippen LogP contribution is 2.53. The Bertz CT molecular complexity index is 2520. The quantitative estimate of drug-likeness (QED) is 0.161. The van der Waals surface area contributed by atoms with Gasteiger partial charge in [0.2, 0.25) is 0 Å². The second-order valence-electron chi connectivity index (χ2n) is 23.0. The molecule has 0 amide bonds. The third kappa shape index (κ3) is 6.03. The molecule has 5 aromatic rings. The summed E-state index contributed by atoms with van der Waals surface area (Å²) >= 11 is 7.44. The molecule has 9 rings (SSSR count). The van der Waals surface area contributed by atoms with Crippen molar-refractivity contribution in [1.29, 1.82) is 0 Å². The topological polar surface area (TPSA) is 6.48 Å². The van der Waals surface area contributed by atoms with Gasteiger partial charge in [0.05, 0.1) is 0 Å². The fraction of sp³-hybridized carbons (Fsp3) is 0.444. The molecule has 2 heterocycles. The Morgan fingerprint density at radius 1 is 0.466 bits per heavy atom. The van der Waals surface area contributed by atoms with Crippen LogP contribution in [0.15, 0.2) is 84.9 Å². The monoisotopic (exact) mass is 786 g/mol. The third-order valence-corrected chi connectivity index (χ3v) is 15.2. The van der Waals surface area contributed by atoms with Gasteiger partial charge >= 0.3 is 0 Å². The molecule has 0 N–H and O–H groups in total. The van der Waals surface area contributed by atoms with Gasteiger partial charge in [-0.2, -0.15) is 0 Å². The molecular weight excluding hydrogens is 723 g/mol. The molecule has 300 valence electrons. The average molecular weight is 787 g/mol. The van der Waals surface area contributed by atoms with E-state index < -0.39 is 0 Å². The Labute approximate surface area is 355 Å². The summed E-state index contributed by atoms with van der Waals surface area (Å²) in [6.45, 7) is 33.6. The van der Waals surface area contributed by atoms with E-state index in [0.717, 1.165) is 5.02 Å². The van der Waals surface area contributed by atoms with Gasteiger partial charge in [-0.05, 0) is 156 Å². The summed E-state index contributed by atoms with van der Waals surface area (Å²) in [5.74, 6) is 0. The van der Waals surface area contributed by atoms with E-state index in [9.17, 15) is 0 Å². The van der Waals surface area contributed by atoms with Crippen molar-refractivity contribution in [3.63, 3.8) is 0 Å². The standard InChI is InChI=1S/C54H64BClN2/c1-49(2,3)33-16-15-17-36(26-33)57-44-27-34(50(4,5)6)18-21-42(44)55-43-31-40-41(54(13,14)25-24-53(40,11)12)32-45(43)58(47-29-35(56)28-46(57)48(47)55)37-19-20-38-39(30-37)52(9,10)23-22-51(38,7)8/h15-21,26-32H,22-25H2,1-14H3. The van der Waals surface area contributed by atoms with E-state index in [4.69, 9.17) is 11.6 Å². The summed E-state index contributed by atoms with van der Waals surface area (Å²) in [6, 6.07) is 33.7. The van der Waals surface area contributed by atoms with Crippen LogP contribution in [0, 0.1) is 0 Å². The van der Waals surface area contributed by atoms with Gasteiger partial charge in [-0.3, -0.25) is 0 Å². The number of halogens is 1. The molecule has 5 aromatic carbocycles. The SMILES string of the molecule is CC(C)(C)c1cccc(N2c3cc(C(C)(C)C)ccc3B3c4cc5c(cc4N(c4ccc6c(c4)C(C)(C)CCC6(C)C)c4cc(Cl)cc2c43)C(C)(C)CCC5(C)C)c1. The van der Waals surface area contributed by atoms with Crippen LogP contribution in [0.5, 0.6) is 0 Å². The molecule has 0 saturated heterocycles. The number of hydrogen-bond donors (Lipinski definition) is 0. The molecule has 2 aliphatic heterocycles. The number of benzene rings is 5. The van der Waals surface area contributed by atoms with Gasteiger partial charge in [0.15, 0.2) is 0 Å². The molecule has 2 aliphatic carbocycles. The summed E-state index contributed by atoms with van der Waals surface area (Å²) in [7, 11) is 0. The number of rotatable bonds is 2. The van der Waals surface area contributed by atoms with Crippen molar-refractivity contribution in [2.75, 3.05) is 9.80 Å². The Hall–Kier alpha value is -3.95. The molecule has 0 fully saturated rings. The maximum atomic E-state index is 7.44. The van der Waals surface area contributed by atoms with Crippen LogP contribution in [0.4, 0.5) is 34.1 Å². The molecule has 4 aliphatic rings. The lowest BCUT2D eigenvalue weighted by Crippen LogP contribution is -2.62. The molecular formula is C54H64BClN2. The predicted octanol–water partition coefficient (Wildman–Crippen LogP) is 13.7. The Morgan fingerprint density at radius 3 is 1.52 bits per heavy atom. The second-order valence-corrected chi connectivity index (χ2v) is 23.4. The Morgan fingerprint density at radius 2 is 0.948 bits per heavy atom. The zero-order chi connectivity index (χ0) is 41.7. The van der Waals surface area contributed by atoms with Gasteiger partial charge in [-0.1, -0.05) is 145 Å². The van der Waals surface area contributed by atoms with Crippen molar-refractivity contribution in [3.05, 3.63) is 123 Å². The molecule has 4 heteroatoms. The molecule has 0 unspecified atom stereocenters. The zero-order valence-electron chi connectivity index (χ0n) is 37.8. The highest BCUT2D eigenvalue weighted by molar-refractivity contribution is 7.00. The summed E-state index contributed by atoms with van der Waals surface area (Å²) in [6.07, 6.45) is 4.72. The number of hydrogen-bond acceptors (Lipinski definition) is 2. The zero-order valence-corrected chi connectivity index (χ0v) is 38.5. The summed E-state index contributed by atoms with van der Waals surface area (Å²) < 4.78 is 0. The van der Waals surface area contributed by atoms with Gasteiger partial charge in [-0.15, -0.1) is 0 Å². The maximum absolute atomic E-state index is 7.44. The molecule has 0 bridgehead atoms. The van der Waals surface area contributed by atoms with Crippen LogP contribution in [0.2, 0.25) is 5.02 Å². The van der Waals surface area contributed by atoms with Gasteiger partial charge < -0.3 is 9.80 Å². The summed E-state index contributed by atoms with van der Waals surface area (Å²) in [5.41, 5.74) is 20.3. The molecule has 0 radical (unpaired) electrons. The van der Waals surface area contributed by atoms with Gasteiger partial charge in [0.25, 0.3) is 6.71 Å². The van der Waals surface area contributed by atoms with Crippen LogP contribution in [-0.4, -0.2) is 6.71 Å². The van der Waals surface area contributed by atoms with Crippen molar-refractivity contribution in [1.82, 2.24) is 0 Å². The van der Waals surface area contributed by atoms with Crippen LogP contribution in [0.25, 0.3) is 0 Å². The van der Waals surface area contributed by atoms with Gasteiger partial charge in [0, 0.05) is 39.1 Å². The first kappa shape index (κ1) is 39.5. The van der Waals surface area contributed by atoms with Crippen LogP contribution < -0.4 is 26.2 Å². The van der Waals surface area contributed by atoms with Crippen LogP contribution in [0.1, 0.15) is 156 Å². The third-order valence-electron chi connectivity index (χ3n) is 14.9. The van der Waals surface area contributed by atoms with E-state index in [0.29, 0.717) is 0 Å². The minimum absolute atomic E-state index is 0.00236. The lowest BCUT2D eigenvalue weighted by molar-refractivity contribution is 0.332. The smallest absolute Gasteiger partial charge is 0.252 e. The predicted molar refractivity (Wildman–Crippen MR) is 253 cm³/mol. The van der Waals surface area contributed by atoms with Crippen LogP contribution in [-0.2, 0) is 32.5 Å². The Kier molecular flexibility index (Phi) is 8.55. The van der Waals surface area contributed by atoms with Crippen molar-refractivity contribution in [2.45, 2.75) is 155 Å². The Balaban J connectivity index is 1.41. The van der Waals surface area contributed by atoms with Gasteiger partial charge in [0.1, 0.15) is 0 Å². The fourth-order valence-electron chi connectivity index (χ4n) is 10.9. The molecule has 2 nitrogen and oxygen atoms in total. The van der Waals surface area contributed by atoms with Crippen LogP contribution in [0.3, 0.4) is 0 Å². The van der Waals surface area contributed by atoms with Crippen molar-refractivity contribution in [3.8, 4) is 0 Å². The van der Waals surface area contributed by atoms with E-state index in [-0.39, 0.29) is 39.2 Å². The summed E-state index contributed by atoms with van der Waals surface area (Å²) in [5, 5.41) is 0.757. The van der Waals surface area contributed by atoms with Gasteiger partial charge in [-0.25, -0.2) is 0 Å². The first-order valence-corrected chi connectivity index (χ1v) is 22.3. The van der Waals surface area contributed by atoms with Crippen molar-refractivity contribution >= 4 is 68.8 Å². The second kappa shape index (κ2) is 12.5. The number of anilines is 6. The van der Waals surface area contributed by atoms with Crippen molar-refractivity contribution in [2.24, 2.45) is 0 Å². The average Bonchev–Trinajstić information content (AvgIpc) is 3.13. The molecule has 0 aromatic heterocycles. The minimum Gasteiger partial charge on any atom is -0.311 e. The van der Waals surface area contributed by atoms with E-state index in [2.05, 4.69) is 192 Å². The first-order chi connectivity index (χ1) is 26.9. The first-order valence-electron chi connectivity index (χ1n) is 21.9. The fourth-order valence-corrected chi connectivity index (χ4v) is 11.1. The van der Waals surface area contributed by atoms with E-state index in [1.165, 1.54) is 110 Å². The largest absolute Gasteiger partial charge is 0.311 e. The molecule has 0 spiro atoms. The molecule has 58 heavy (non-hydrogen) atoms. The molecule has 0 atom stereocenters. The lowest BCUT2D eigenvalue weighted by atomic mass is 9.33. The normalized spacial score (nSPS) is 19.5. The minimum atomic E-state index is -0.0154.